The van der Waals surface area contributed by atoms with Crippen molar-refractivity contribution in [2.24, 2.45) is 0 Å². The maximum absolute atomic E-state index is 12.6. The lowest BCUT2D eigenvalue weighted by molar-refractivity contribution is 0.126. The molecule has 0 spiro atoms. The number of halogens is 1. The number of piperazine rings is 2. The second-order valence-electron chi connectivity index (χ2n) is 9.16. The van der Waals surface area contributed by atoms with Crippen LogP contribution in [0.15, 0.2) is 48.5 Å². The van der Waals surface area contributed by atoms with Crippen LogP contribution >= 0.6 is 11.6 Å². The van der Waals surface area contributed by atoms with Crippen LogP contribution in [0.5, 0.6) is 5.75 Å². The Hall–Kier alpha value is -2.32. The summed E-state index contributed by atoms with van der Waals surface area (Å²) in [6, 6.07) is 16.2. The lowest BCUT2D eigenvalue weighted by Gasteiger charge is -2.34. The summed E-state index contributed by atoms with van der Waals surface area (Å²) in [5.74, 6) is 0.717. The van der Waals surface area contributed by atoms with E-state index in [-0.39, 0.29) is 6.03 Å². The largest absolute Gasteiger partial charge is 0.491 e. The van der Waals surface area contributed by atoms with Gasteiger partial charge in [-0.2, -0.15) is 0 Å². The predicted octanol–water partition coefficient (Wildman–Crippen LogP) is 2.99. The Labute approximate surface area is 208 Å². The fourth-order valence-electron chi connectivity index (χ4n) is 4.34. The number of likely N-dealkylation sites (N-methyl/N-ethyl adjacent to an activating group) is 1. The highest BCUT2D eigenvalue weighted by molar-refractivity contribution is 6.32. The molecule has 2 aromatic rings. The highest BCUT2D eigenvalue weighted by Crippen LogP contribution is 2.23. The third kappa shape index (κ3) is 7.34. The van der Waals surface area contributed by atoms with Crippen LogP contribution in [-0.2, 0) is 13.1 Å². The van der Waals surface area contributed by atoms with Gasteiger partial charge in [0.1, 0.15) is 12.4 Å². The predicted molar refractivity (Wildman–Crippen MR) is 136 cm³/mol. The van der Waals surface area contributed by atoms with Crippen molar-refractivity contribution in [3.8, 4) is 5.75 Å². The van der Waals surface area contributed by atoms with Gasteiger partial charge in [-0.3, -0.25) is 9.80 Å². The standard InChI is InChI=1S/C26H36ClN5O2/c1-29-10-12-31(13-11-29)21-23-8-6-22(7-9-23)20-28-26(33)32-16-14-30(15-17-32)18-19-34-25-5-3-2-4-24(25)27/h2-9H,10-21H2,1H3,(H,28,33). The Bertz CT molecular complexity index is 910. The molecule has 0 bridgehead atoms. The lowest BCUT2D eigenvalue weighted by Crippen LogP contribution is -2.52. The normalized spacial score (nSPS) is 18.1. The van der Waals surface area contributed by atoms with E-state index >= 15 is 0 Å². The number of carbonyl (C=O) groups excluding carboxylic acids is 1. The number of nitrogens with zero attached hydrogens (tertiary/aromatic N) is 4. The van der Waals surface area contributed by atoms with E-state index in [1.165, 1.54) is 5.56 Å². The first kappa shape index (κ1) is 24.8. The molecule has 2 aliphatic heterocycles. The molecule has 2 fully saturated rings. The molecule has 2 heterocycles. The second-order valence-corrected chi connectivity index (χ2v) is 9.57. The number of carbonyl (C=O) groups is 1. The fourth-order valence-corrected chi connectivity index (χ4v) is 4.53. The summed E-state index contributed by atoms with van der Waals surface area (Å²) in [5.41, 5.74) is 2.46. The van der Waals surface area contributed by atoms with Gasteiger partial charge < -0.3 is 19.9 Å². The summed E-state index contributed by atoms with van der Waals surface area (Å²) >= 11 is 6.13. The highest BCUT2D eigenvalue weighted by Gasteiger charge is 2.21. The van der Waals surface area contributed by atoms with Crippen LogP contribution in [0.4, 0.5) is 4.79 Å². The van der Waals surface area contributed by atoms with E-state index in [2.05, 4.69) is 51.3 Å². The van der Waals surface area contributed by atoms with Crippen molar-refractivity contribution in [1.29, 1.82) is 0 Å². The SMILES string of the molecule is CN1CCN(Cc2ccc(CNC(=O)N3CCN(CCOc4ccccc4Cl)CC3)cc2)CC1. The van der Waals surface area contributed by atoms with E-state index in [1.54, 1.807) is 0 Å². The molecular weight excluding hydrogens is 450 g/mol. The van der Waals surface area contributed by atoms with Crippen molar-refractivity contribution in [2.45, 2.75) is 13.1 Å². The second kappa shape index (κ2) is 12.4. The molecule has 184 valence electrons. The number of rotatable bonds is 8. The van der Waals surface area contributed by atoms with Gasteiger partial charge in [-0.1, -0.05) is 48.0 Å². The number of benzene rings is 2. The third-order valence-corrected chi connectivity index (χ3v) is 6.94. The first-order chi connectivity index (χ1) is 16.6. The first-order valence-corrected chi connectivity index (χ1v) is 12.6. The molecule has 0 atom stereocenters. The zero-order valence-electron chi connectivity index (χ0n) is 20.1. The summed E-state index contributed by atoms with van der Waals surface area (Å²) in [7, 11) is 2.18. The average molecular weight is 486 g/mol. The van der Waals surface area contributed by atoms with Crippen LogP contribution in [0.3, 0.4) is 0 Å². The molecule has 0 aromatic heterocycles. The van der Waals surface area contributed by atoms with Crippen LogP contribution < -0.4 is 10.1 Å². The highest BCUT2D eigenvalue weighted by atomic mass is 35.5. The molecule has 0 saturated carbocycles. The van der Waals surface area contributed by atoms with Crippen molar-refractivity contribution < 1.29 is 9.53 Å². The van der Waals surface area contributed by atoms with Gasteiger partial charge in [-0.05, 0) is 30.3 Å². The molecule has 0 unspecified atom stereocenters. The molecule has 7 nitrogen and oxygen atoms in total. The van der Waals surface area contributed by atoms with E-state index in [0.29, 0.717) is 18.2 Å². The zero-order valence-corrected chi connectivity index (χ0v) is 20.8. The maximum atomic E-state index is 12.6. The van der Waals surface area contributed by atoms with Gasteiger partial charge in [-0.15, -0.1) is 0 Å². The first-order valence-electron chi connectivity index (χ1n) is 12.2. The zero-order chi connectivity index (χ0) is 23.8. The summed E-state index contributed by atoms with van der Waals surface area (Å²) in [5, 5.41) is 3.71. The van der Waals surface area contributed by atoms with Crippen molar-refractivity contribution in [2.75, 3.05) is 72.6 Å². The molecule has 0 aliphatic carbocycles. The van der Waals surface area contributed by atoms with Gasteiger partial charge in [0, 0.05) is 72.0 Å². The number of amides is 2. The lowest BCUT2D eigenvalue weighted by atomic mass is 10.1. The van der Waals surface area contributed by atoms with Gasteiger partial charge in [0.15, 0.2) is 0 Å². The van der Waals surface area contributed by atoms with Crippen LogP contribution in [0, 0.1) is 0 Å². The fraction of sp³-hybridized carbons (Fsp3) is 0.500. The number of nitrogens with one attached hydrogen (secondary N) is 1. The smallest absolute Gasteiger partial charge is 0.317 e. The quantitative estimate of drug-likeness (QED) is 0.623. The van der Waals surface area contributed by atoms with Crippen molar-refractivity contribution in [3.05, 3.63) is 64.7 Å². The minimum Gasteiger partial charge on any atom is -0.491 e. The molecule has 2 aromatic carbocycles. The van der Waals surface area contributed by atoms with E-state index in [9.17, 15) is 4.79 Å². The van der Waals surface area contributed by atoms with E-state index in [1.807, 2.05) is 29.2 Å². The van der Waals surface area contributed by atoms with Gasteiger partial charge in [0.2, 0.25) is 0 Å². The molecule has 34 heavy (non-hydrogen) atoms. The molecule has 2 saturated heterocycles. The molecule has 0 radical (unpaired) electrons. The van der Waals surface area contributed by atoms with Crippen molar-refractivity contribution in [3.63, 3.8) is 0 Å². The van der Waals surface area contributed by atoms with E-state index in [0.717, 1.165) is 76.8 Å². The minimum absolute atomic E-state index is 0.00785. The van der Waals surface area contributed by atoms with Crippen LogP contribution in [0.2, 0.25) is 5.02 Å². The third-order valence-electron chi connectivity index (χ3n) is 6.63. The van der Waals surface area contributed by atoms with E-state index in [4.69, 9.17) is 16.3 Å². The Morgan fingerprint density at radius 3 is 2.24 bits per heavy atom. The minimum atomic E-state index is 0.00785. The summed E-state index contributed by atoms with van der Waals surface area (Å²) in [6.07, 6.45) is 0. The Balaban J connectivity index is 1.12. The van der Waals surface area contributed by atoms with Gasteiger partial charge in [-0.25, -0.2) is 4.79 Å². The Kier molecular flexibility index (Phi) is 9.04. The number of urea groups is 1. The number of hydrogen-bond donors (Lipinski definition) is 1. The Morgan fingerprint density at radius 1 is 0.882 bits per heavy atom. The number of ether oxygens (including phenoxy) is 1. The molecule has 1 N–H and O–H groups in total. The molecular formula is C26H36ClN5O2. The topological polar surface area (TPSA) is 51.3 Å². The molecule has 8 heteroatoms. The molecule has 4 rings (SSSR count). The number of para-hydroxylation sites is 1. The summed E-state index contributed by atoms with van der Waals surface area (Å²) < 4.78 is 5.79. The van der Waals surface area contributed by atoms with Gasteiger partial charge in [0.25, 0.3) is 0 Å². The van der Waals surface area contributed by atoms with Crippen molar-refractivity contribution in [1.82, 2.24) is 24.9 Å². The maximum Gasteiger partial charge on any atom is 0.317 e. The van der Waals surface area contributed by atoms with Crippen molar-refractivity contribution >= 4 is 17.6 Å². The van der Waals surface area contributed by atoms with Gasteiger partial charge in [0.05, 0.1) is 5.02 Å². The Morgan fingerprint density at radius 2 is 1.53 bits per heavy atom. The van der Waals surface area contributed by atoms with Crippen LogP contribution in [0.25, 0.3) is 0 Å². The monoisotopic (exact) mass is 485 g/mol. The van der Waals surface area contributed by atoms with Crippen LogP contribution in [-0.4, -0.2) is 98.2 Å². The summed E-state index contributed by atoms with van der Waals surface area (Å²) in [4.78, 5) is 21.7. The average Bonchev–Trinajstić information content (AvgIpc) is 2.86. The van der Waals surface area contributed by atoms with Gasteiger partial charge >= 0.3 is 6.03 Å². The van der Waals surface area contributed by atoms with Crippen LogP contribution in [0.1, 0.15) is 11.1 Å². The molecule has 2 amide bonds. The number of hydrogen-bond acceptors (Lipinski definition) is 5. The summed E-state index contributed by atoms with van der Waals surface area (Å²) in [6.45, 7) is 10.6. The van der Waals surface area contributed by atoms with E-state index < -0.39 is 0 Å². The molecule has 2 aliphatic rings.